The lowest BCUT2D eigenvalue weighted by molar-refractivity contribution is 0.0694. The molecule has 1 N–H and O–H groups in total. The molecular weight excluding hydrogens is 268 g/mol. The standard InChI is InChI=1S/C15H20N4O2/c1-4-19(9-12-7-5-6-11(2)17-12)10-14-13(15(20)21)8-16-18(14)3/h5-8H,4,9-10H2,1-3H3,(H,20,21). The fourth-order valence-electron chi connectivity index (χ4n) is 2.24. The molecule has 2 rings (SSSR count). The van der Waals surface area contributed by atoms with E-state index in [1.54, 1.807) is 11.7 Å². The first-order chi connectivity index (χ1) is 10.0. The second-order valence-electron chi connectivity index (χ2n) is 5.01. The van der Waals surface area contributed by atoms with Crippen LogP contribution in [-0.2, 0) is 20.1 Å². The predicted molar refractivity (Wildman–Crippen MR) is 78.9 cm³/mol. The smallest absolute Gasteiger partial charge is 0.339 e. The molecule has 0 fully saturated rings. The van der Waals surface area contributed by atoms with Crippen molar-refractivity contribution in [2.45, 2.75) is 26.9 Å². The molecular formula is C15H20N4O2. The van der Waals surface area contributed by atoms with E-state index < -0.39 is 5.97 Å². The second-order valence-corrected chi connectivity index (χ2v) is 5.01. The number of aromatic carboxylic acids is 1. The zero-order chi connectivity index (χ0) is 15.4. The van der Waals surface area contributed by atoms with Crippen molar-refractivity contribution in [1.82, 2.24) is 19.7 Å². The predicted octanol–water partition coefficient (Wildman–Crippen LogP) is 1.84. The van der Waals surface area contributed by atoms with Crippen molar-refractivity contribution in [3.63, 3.8) is 0 Å². The maximum Gasteiger partial charge on any atom is 0.339 e. The highest BCUT2D eigenvalue weighted by Gasteiger charge is 2.17. The summed E-state index contributed by atoms with van der Waals surface area (Å²) in [4.78, 5) is 17.9. The first kappa shape index (κ1) is 15.2. The van der Waals surface area contributed by atoms with Gasteiger partial charge in [0, 0.05) is 25.8 Å². The molecule has 0 amide bonds. The summed E-state index contributed by atoms with van der Waals surface area (Å²) in [5, 5.41) is 13.2. The normalized spacial score (nSPS) is 11.0. The van der Waals surface area contributed by atoms with E-state index in [2.05, 4.69) is 15.0 Å². The van der Waals surface area contributed by atoms with E-state index in [4.69, 9.17) is 0 Å². The van der Waals surface area contributed by atoms with Gasteiger partial charge in [0.05, 0.1) is 17.6 Å². The number of nitrogens with zero attached hydrogens (tertiary/aromatic N) is 4. The van der Waals surface area contributed by atoms with Crippen molar-refractivity contribution < 1.29 is 9.90 Å². The first-order valence-corrected chi connectivity index (χ1v) is 6.90. The maximum absolute atomic E-state index is 11.2. The monoisotopic (exact) mass is 288 g/mol. The summed E-state index contributed by atoms with van der Waals surface area (Å²) in [6, 6.07) is 5.93. The van der Waals surface area contributed by atoms with Crippen LogP contribution in [0.4, 0.5) is 0 Å². The first-order valence-electron chi connectivity index (χ1n) is 6.90. The molecule has 112 valence electrons. The van der Waals surface area contributed by atoms with Crippen molar-refractivity contribution in [2.24, 2.45) is 7.05 Å². The molecule has 0 bridgehead atoms. The van der Waals surface area contributed by atoms with E-state index in [-0.39, 0.29) is 5.56 Å². The summed E-state index contributed by atoms with van der Waals surface area (Å²) < 4.78 is 1.62. The van der Waals surface area contributed by atoms with E-state index in [0.717, 1.165) is 17.9 Å². The van der Waals surface area contributed by atoms with Crippen molar-refractivity contribution >= 4 is 5.97 Å². The number of aryl methyl sites for hydroxylation is 2. The Hall–Kier alpha value is -2.21. The van der Waals surface area contributed by atoms with Gasteiger partial charge >= 0.3 is 5.97 Å². The van der Waals surface area contributed by atoms with Gasteiger partial charge in [0.1, 0.15) is 5.56 Å². The molecule has 6 heteroatoms. The number of rotatable bonds is 6. The van der Waals surface area contributed by atoms with Gasteiger partial charge in [0.15, 0.2) is 0 Å². The molecule has 2 aromatic rings. The Bertz CT molecular complexity index is 636. The van der Waals surface area contributed by atoms with Crippen LogP contribution in [0, 0.1) is 6.92 Å². The minimum absolute atomic E-state index is 0.258. The quantitative estimate of drug-likeness (QED) is 0.878. The Balaban J connectivity index is 2.16. The van der Waals surface area contributed by atoms with Crippen LogP contribution in [0.25, 0.3) is 0 Å². The molecule has 2 aromatic heterocycles. The lowest BCUT2D eigenvalue weighted by Crippen LogP contribution is -2.25. The molecule has 2 heterocycles. The molecule has 21 heavy (non-hydrogen) atoms. The highest BCUT2D eigenvalue weighted by atomic mass is 16.4. The molecule has 0 aliphatic rings. The van der Waals surface area contributed by atoms with E-state index in [9.17, 15) is 9.90 Å². The molecule has 0 aliphatic carbocycles. The Labute approximate surface area is 124 Å². The number of pyridine rings is 1. The van der Waals surface area contributed by atoms with E-state index in [0.29, 0.717) is 18.8 Å². The third kappa shape index (κ3) is 3.66. The van der Waals surface area contributed by atoms with E-state index in [1.807, 2.05) is 32.0 Å². The van der Waals surface area contributed by atoms with E-state index in [1.165, 1.54) is 6.20 Å². The summed E-state index contributed by atoms with van der Waals surface area (Å²) in [7, 11) is 1.76. The summed E-state index contributed by atoms with van der Waals surface area (Å²) in [6.07, 6.45) is 1.40. The van der Waals surface area contributed by atoms with Gasteiger partial charge in [-0.05, 0) is 25.6 Å². The summed E-state index contributed by atoms with van der Waals surface area (Å²) in [5.74, 6) is -0.942. The Kier molecular flexibility index (Phi) is 4.70. The number of hydrogen-bond acceptors (Lipinski definition) is 4. The number of aromatic nitrogens is 3. The molecule has 0 saturated carbocycles. The van der Waals surface area contributed by atoms with Crippen molar-refractivity contribution in [3.8, 4) is 0 Å². The summed E-state index contributed by atoms with van der Waals surface area (Å²) in [6.45, 7) is 6.03. The number of carbonyl (C=O) groups is 1. The van der Waals surface area contributed by atoms with Gasteiger partial charge in [0.2, 0.25) is 0 Å². The zero-order valence-corrected chi connectivity index (χ0v) is 12.6. The molecule has 0 spiro atoms. The van der Waals surface area contributed by atoms with Gasteiger partial charge < -0.3 is 5.11 Å². The SMILES string of the molecule is CCN(Cc1cccc(C)n1)Cc1c(C(=O)O)cnn1C. The van der Waals surface area contributed by atoms with Crippen LogP contribution in [0.2, 0.25) is 0 Å². The van der Waals surface area contributed by atoms with Gasteiger partial charge in [-0.3, -0.25) is 14.6 Å². The molecule has 0 aliphatic heterocycles. The van der Waals surface area contributed by atoms with Gasteiger partial charge in [0.25, 0.3) is 0 Å². The minimum atomic E-state index is -0.942. The largest absolute Gasteiger partial charge is 0.478 e. The summed E-state index contributed by atoms with van der Waals surface area (Å²) >= 11 is 0. The van der Waals surface area contributed by atoms with Crippen LogP contribution in [0.15, 0.2) is 24.4 Å². The van der Waals surface area contributed by atoms with Gasteiger partial charge in [-0.15, -0.1) is 0 Å². The number of carboxylic acid groups (broad SMARTS) is 1. The summed E-state index contributed by atoms with van der Waals surface area (Å²) in [5.41, 5.74) is 2.93. The van der Waals surface area contributed by atoms with Crippen LogP contribution >= 0.6 is 0 Å². The van der Waals surface area contributed by atoms with Gasteiger partial charge in [-0.25, -0.2) is 4.79 Å². The molecule has 0 radical (unpaired) electrons. The fraction of sp³-hybridized carbons (Fsp3) is 0.400. The van der Waals surface area contributed by atoms with Crippen LogP contribution in [0.3, 0.4) is 0 Å². The van der Waals surface area contributed by atoms with Crippen molar-refractivity contribution in [2.75, 3.05) is 6.54 Å². The lowest BCUT2D eigenvalue weighted by Gasteiger charge is -2.20. The topological polar surface area (TPSA) is 71.2 Å². The Morgan fingerprint density at radius 2 is 2.14 bits per heavy atom. The average Bonchev–Trinajstić information content (AvgIpc) is 2.79. The Morgan fingerprint density at radius 3 is 2.76 bits per heavy atom. The zero-order valence-electron chi connectivity index (χ0n) is 12.6. The van der Waals surface area contributed by atoms with Gasteiger partial charge in [-0.1, -0.05) is 13.0 Å². The maximum atomic E-state index is 11.2. The molecule has 0 aromatic carbocycles. The highest BCUT2D eigenvalue weighted by molar-refractivity contribution is 5.88. The molecule has 0 saturated heterocycles. The molecule has 0 atom stereocenters. The van der Waals surface area contributed by atoms with Crippen LogP contribution in [0.1, 0.15) is 34.4 Å². The molecule has 6 nitrogen and oxygen atoms in total. The number of hydrogen-bond donors (Lipinski definition) is 1. The van der Waals surface area contributed by atoms with Crippen LogP contribution < -0.4 is 0 Å². The minimum Gasteiger partial charge on any atom is -0.478 e. The Morgan fingerprint density at radius 1 is 1.38 bits per heavy atom. The number of carboxylic acids is 1. The fourth-order valence-corrected chi connectivity index (χ4v) is 2.24. The van der Waals surface area contributed by atoms with Crippen LogP contribution in [0.5, 0.6) is 0 Å². The average molecular weight is 288 g/mol. The van der Waals surface area contributed by atoms with Crippen LogP contribution in [-0.4, -0.2) is 37.3 Å². The third-order valence-electron chi connectivity index (χ3n) is 3.44. The second kappa shape index (κ2) is 6.49. The lowest BCUT2D eigenvalue weighted by atomic mass is 10.2. The third-order valence-corrected chi connectivity index (χ3v) is 3.44. The van der Waals surface area contributed by atoms with Crippen molar-refractivity contribution in [3.05, 3.63) is 47.0 Å². The molecule has 0 unspecified atom stereocenters. The van der Waals surface area contributed by atoms with Crippen molar-refractivity contribution in [1.29, 1.82) is 0 Å². The van der Waals surface area contributed by atoms with E-state index >= 15 is 0 Å². The van der Waals surface area contributed by atoms with Gasteiger partial charge in [-0.2, -0.15) is 5.10 Å². The highest BCUT2D eigenvalue weighted by Crippen LogP contribution is 2.13.